The van der Waals surface area contributed by atoms with Gasteiger partial charge in [0.15, 0.2) is 5.13 Å². The van der Waals surface area contributed by atoms with Crippen LogP contribution in [0.2, 0.25) is 0 Å². The molecule has 1 amide bonds. The van der Waals surface area contributed by atoms with Gasteiger partial charge in [0.05, 0.1) is 29.6 Å². The second-order valence-electron chi connectivity index (χ2n) is 6.64. The molecular weight excluding hydrogens is 376 g/mol. The van der Waals surface area contributed by atoms with Gasteiger partial charge in [-0.25, -0.2) is 4.98 Å². The molecule has 28 heavy (non-hydrogen) atoms. The van der Waals surface area contributed by atoms with E-state index in [4.69, 9.17) is 14.5 Å². The van der Waals surface area contributed by atoms with Crippen LogP contribution in [-0.4, -0.2) is 60.2 Å². The molecule has 3 heterocycles. The van der Waals surface area contributed by atoms with Crippen molar-refractivity contribution in [2.75, 3.05) is 38.3 Å². The van der Waals surface area contributed by atoms with Gasteiger partial charge in [-0.05, 0) is 30.3 Å². The highest BCUT2D eigenvalue weighted by Gasteiger charge is 2.31. The molecule has 1 unspecified atom stereocenters. The van der Waals surface area contributed by atoms with Crippen LogP contribution in [0.4, 0.5) is 5.13 Å². The van der Waals surface area contributed by atoms with E-state index in [-0.39, 0.29) is 11.9 Å². The number of methoxy groups -OCH3 is 1. The number of ether oxygens (including phenoxy) is 2. The number of amides is 1. The number of hydrogen-bond acceptors (Lipinski definition) is 7. The highest BCUT2D eigenvalue weighted by atomic mass is 32.1. The number of rotatable bonds is 5. The molecule has 4 rings (SSSR count). The Morgan fingerprint density at radius 1 is 1.29 bits per heavy atom. The third-order valence-electron chi connectivity index (χ3n) is 4.83. The molecule has 7 nitrogen and oxygen atoms in total. The van der Waals surface area contributed by atoms with Crippen molar-refractivity contribution in [2.45, 2.75) is 13.0 Å². The van der Waals surface area contributed by atoms with Crippen molar-refractivity contribution in [3.05, 3.63) is 42.7 Å². The van der Waals surface area contributed by atoms with Crippen LogP contribution in [0.3, 0.4) is 0 Å². The van der Waals surface area contributed by atoms with E-state index in [0.29, 0.717) is 19.7 Å². The smallest absolute Gasteiger partial charge is 0.219 e. The maximum Gasteiger partial charge on any atom is 0.219 e. The largest absolute Gasteiger partial charge is 0.497 e. The first-order chi connectivity index (χ1) is 13.6. The lowest BCUT2D eigenvalue weighted by molar-refractivity contribution is -0.129. The quantitative estimate of drug-likeness (QED) is 0.658. The zero-order valence-electron chi connectivity index (χ0n) is 15.9. The number of hydrogen-bond donors (Lipinski definition) is 0. The van der Waals surface area contributed by atoms with Gasteiger partial charge < -0.3 is 19.3 Å². The van der Waals surface area contributed by atoms with E-state index in [2.05, 4.69) is 9.88 Å². The second kappa shape index (κ2) is 8.02. The molecule has 1 saturated heterocycles. The van der Waals surface area contributed by atoms with Crippen LogP contribution in [0.5, 0.6) is 11.5 Å². The monoisotopic (exact) mass is 398 g/mol. The third-order valence-corrected chi connectivity index (χ3v) is 5.89. The third kappa shape index (κ3) is 3.87. The van der Waals surface area contributed by atoms with E-state index in [0.717, 1.165) is 33.4 Å². The van der Waals surface area contributed by atoms with Gasteiger partial charge in [-0.15, -0.1) is 0 Å². The lowest BCUT2D eigenvalue weighted by Gasteiger charge is -2.40. The molecule has 1 aromatic carbocycles. The summed E-state index contributed by atoms with van der Waals surface area (Å²) in [4.78, 5) is 24.9. The highest BCUT2D eigenvalue weighted by Crippen LogP contribution is 2.33. The van der Waals surface area contributed by atoms with Crippen LogP contribution in [0.15, 0.2) is 42.7 Å². The molecule has 0 aliphatic carbocycles. The predicted octanol–water partition coefficient (Wildman–Crippen LogP) is 2.82. The summed E-state index contributed by atoms with van der Waals surface area (Å²) in [5.41, 5.74) is 0.946. The summed E-state index contributed by atoms with van der Waals surface area (Å²) in [5.74, 6) is 1.62. The van der Waals surface area contributed by atoms with Crippen LogP contribution < -0.4 is 14.4 Å². The van der Waals surface area contributed by atoms with E-state index in [1.54, 1.807) is 37.8 Å². The number of pyridine rings is 1. The molecule has 3 aromatic rings. The number of aromatic nitrogens is 2. The van der Waals surface area contributed by atoms with Crippen LogP contribution in [0.1, 0.15) is 6.92 Å². The maximum absolute atomic E-state index is 11.9. The Hall–Kier alpha value is -2.87. The zero-order valence-corrected chi connectivity index (χ0v) is 16.7. The van der Waals surface area contributed by atoms with Crippen LogP contribution in [-0.2, 0) is 4.79 Å². The summed E-state index contributed by atoms with van der Waals surface area (Å²) in [7, 11) is 1.66. The van der Waals surface area contributed by atoms with Crippen LogP contribution in [0, 0.1) is 0 Å². The first-order valence-electron chi connectivity index (χ1n) is 9.13. The SMILES string of the molecule is COc1ccc2nc(N3CCN(C(C)=O)CC3COc3cccnc3)sc2c1. The number of thiazole rings is 1. The number of piperazine rings is 1. The van der Waals surface area contributed by atoms with Crippen LogP contribution >= 0.6 is 11.3 Å². The number of nitrogens with zero attached hydrogens (tertiary/aromatic N) is 4. The van der Waals surface area contributed by atoms with Gasteiger partial charge in [0.1, 0.15) is 18.1 Å². The summed E-state index contributed by atoms with van der Waals surface area (Å²) in [6.45, 7) is 4.07. The average molecular weight is 398 g/mol. The molecule has 0 radical (unpaired) electrons. The zero-order chi connectivity index (χ0) is 19.5. The fraction of sp³-hybridized carbons (Fsp3) is 0.350. The van der Waals surface area contributed by atoms with Crippen molar-refractivity contribution in [2.24, 2.45) is 0 Å². The molecule has 0 bridgehead atoms. The molecular formula is C20H22N4O3S. The standard InChI is InChI=1S/C20H22N4O3S/c1-14(25)23-8-9-24(15(12-23)13-27-17-4-3-7-21-11-17)20-22-18-6-5-16(26-2)10-19(18)28-20/h3-7,10-11,15H,8-9,12-13H2,1-2H3. The first kappa shape index (κ1) is 18.5. The van der Waals surface area contributed by atoms with E-state index in [9.17, 15) is 4.79 Å². The Morgan fingerprint density at radius 2 is 2.18 bits per heavy atom. The number of anilines is 1. The van der Waals surface area contributed by atoms with Gasteiger partial charge >= 0.3 is 0 Å². The summed E-state index contributed by atoms with van der Waals surface area (Å²) >= 11 is 1.63. The lowest BCUT2D eigenvalue weighted by Crippen LogP contribution is -2.56. The maximum atomic E-state index is 11.9. The summed E-state index contributed by atoms with van der Waals surface area (Å²) in [5, 5.41) is 0.936. The Balaban J connectivity index is 1.58. The summed E-state index contributed by atoms with van der Waals surface area (Å²) < 4.78 is 12.4. The number of carbonyl (C=O) groups is 1. The normalized spacial score (nSPS) is 17.0. The molecule has 0 spiro atoms. The average Bonchev–Trinajstić information content (AvgIpc) is 3.15. The van der Waals surface area contributed by atoms with Crippen molar-refractivity contribution < 1.29 is 14.3 Å². The van der Waals surface area contributed by atoms with Gasteiger partial charge in [0, 0.05) is 32.8 Å². The molecule has 1 atom stereocenters. The minimum absolute atomic E-state index is 0.0142. The lowest BCUT2D eigenvalue weighted by atomic mass is 10.2. The number of benzene rings is 1. The molecule has 0 N–H and O–H groups in total. The molecule has 0 saturated carbocycles. The molecule has 146 valence electrons. The van der Waals surface area contributed by atoms with Gasteiger partial charge in [0.2, 0.25) is 5.91 Å². The van der Waals surface area contributed by atoms with Gasteiger partial charge in [-0.1, -0.05) is 11.3 Å². The van der Waals surface area contributed by atoms with Gasteiger partial charge in [-0.3, -0.25) is 9.78 Å². The topological polar surface area (TPSA) is 67.8 Å². The molecule has 1 aliphatic rings. The van der Waals surface area contributed by atoms with E-state index in [1.807, 2.05) is 35.2 Å². The first-order valence-corrected chi connectivity index (χ1v) is 9.95. The molecule has 1 aliphatic heterocycles. The fourth-order valence-electron chi connectivity index (χ4n) is 3.30. The van der Waals surface area contributed by atoms with E-state index in [1.165, 1.54) is 0 Å². The molecule has 1 fully saturated rings. The summed E-state index contributed by atoms with van der Waals surface area (Å²) in [6, 6.07) is 9.64. The van der Waals surface area contributed by atoms with E-state index >= 15 is 0 Å². The Morgan fingerprint density at radius 3 is 2.93 bits per heavy atom. The highest BCUT2D eigenvalue weighted by molar-refractivity contribution is 7.22. The van der Waals surface area contributed by atoms with Crippen molar-refractivity contribution in [1.82, 2.24) is 14.9 Å². The van der Waals surface area contributed by atoms with Gasteiger partial charge in [-0.2, -0.15) is 0 Å². The second-order valence-corrected chi connectivity index (χ2v) is 7.65. The molecule has 2 aromatic heterocycles. The number of fused-ring (bicyclic) bond motifs is 1. The minimum Gasteiger partial charge on any atom is -0.497 e. The number of carbonyl (C=O) groups excluding carboxylic acids is 1. The Bertz CT molecular complexity index is 962. The van der Waals surface area contributed by atoms with Gasteiger partial charge in [0.25, 0.3) is 0 Å². The predicted molar refractivity (Wildman–Crippen MR) is 109 cm³/mol. The Labute approximate surface area is 167 Å². The van der Waals surface area contributed by atoms with Crippen LogP contribution in [0.25, 0.3) is 10.2 Å². The van der Waals surface area contributed by atoms with Crippen molar-refractivity contribution >= 4 is 32.6 Å². The fourth-order valence-corrected chi connectivity index (χ4v) is 4.39. The Kier molecular flexibility index (Phi) is 5.29. The molecule has 8 heteroatoms. The van der Waals surface area contributed by atoms with Crippen molar-refractivity contribution in [1.29, 1.82) is 0 Å². The van der Waals surface area contributed by atoms with Crippen molar-refractivity contribution in [3.63, 3.8) is 0 Å². The minimum atomic E-state index is 0.0142. The summed E-state index contributed by atoms with van der Waals surface area (Å²) in [6.07, 6.45) is 3.41. The van der Waals surface area contributed by atoms with Crippen molar-refractivity contribution in [3.8, 4) is 11.5 Å². The van der Waals surface area contributed by atoms with E-state index < -0.39 is 0 Å².